The number of carbonyl (C=O) groups is 2. The maximum Gasteiger partial charge on any atom is 0.297 e. The molecule has 0 spiro atoms. The number of anilines is 1. The second-order valence-corrected chi connectivity index (χ2v) is 4.76. The Hall–Kier alpha value is -3.59. The number of hydrogen-bond donors (Lipinski definition) is 4. The molecule has 0 aliphatic rings. The van der Waals surface area contributed by atoms with Gasteiger partial charge in [-0.3, -0.25) is 25.2 Å². The zero-order chi connectivity index (χ0) is 18.1. The van der Waals surface area contributed by atoms with E-state index in [4.69, 9.17) is 5.21 Å². The summed E-state index contributed by atoms with van der Waals surface area (Å²) >= 11 is 0. The van der Waals surface area contributed by atoms with Crippen molar-refractivity contribution in [3.05, 3.63) is 60.4 Å². The number of pyridine rings is 1. The largest absolute Gasteiger partial charge is 0.297 e. The molecule has 0 bridgehead atoms. The van der Waals surface area contributed by atoms with Crippen LogP contribution in [0, 0.1) is 0 Å². The molecule has 0 radical (unpaired) electrons. The summed E-state index contributed by atoms with van der Waals surface area (Å²) in [5.74, 6) is -1.37. The summed E-state index contributed by atoms with van der Waals surface area (Å²) < 4.78 is 0. The summed E-state index contributed by atoms with van der Waals surface area (Å²) in [6.07, 6.45) is 2.92. The smallest absolute Gasteiger partial charge is 0.288 e. The van der Waals surface area contributed by atoms with Crippen LogP contribution in [0.3, 0.4) is 0 Å². The van der Waals surface area contributed by atoms with E-state index in [1.807, 2.05) is 6.07 Å². The van der Waals surface area contributed by atoms with E-state index in [1.165, 1.54) is 24.8 Å². The lowest BCUT2D eigenvalue weighted by Crippen LogP contribution is -2.35. The van der Waals surface area contributed by atoms with E-state index in [9.17, 15) is 9.59 Å². The Morgan fingerprint density at radius 1 is 1.08 bits per heavy atom. The van der Waals surface area contributed by atoms with Crippen LogP contribution in [-0.4, -0.2) is 33.4 Å². The third-order valence-corrected chi connectivity index (χ3v) is 2.98. The molecule has 2 amide bonds. The molecule has 0 fully saturated rings. The highest BCUT2D eigenvalue weighted by Crippen LogP contribution is 2.04. The molecule has 1 aromatic heterocycles. The topological polar surface area (TPSA) is 128 Å². The van der Waals surface area contributed by atoms with Crippen LogP contribution in [0.25, 0.3) is 0 Å². The van der Waals surface area contributed by atoms with Crippen LogP contribution in [0.5, 0.6) is 0 Å². The normalized spacial score (nSPS) is 11.6. The Morgan fingerprint density at radius 2 is 1.84 bits per heavy atom. The Balaban J connectivity index is 2.13. The first-order valence-corrected chi connectivity index (χ1v) is 7.20. The molecule has 0 aliphatic carbocycles. The van der Waals surface area contributed by atoms with Gasteiger partial charge in [0.15, 0.2) is 5.71 Å². The van der Waals surface area contributed by atoms with E-state index < -0.39 is 11.8 Å². The second kappa shape index (κ2) is 8.89. The molecular formula is C16H16N6O3. The van der Waals surface area contributed by atoms with Crippen LogP contribution in [-0.2, 0) is 4.79 Å². The summed E-state index contributed by atoms with van der Waals surface area (Å²) in [5, 5.41) is 16.6. The van der Waals surface area contributed by atoms with Gasteiger partial charge in [0.1, 0.15) is 0 Å². The number of rotatable bonds is 6. The zero-order valence-corrected chi connectivity index (χ0v) is 13.3. The van der Waals surface area contributed by atoms with Crippen molar-refractivity contribution in [2.75, 3.05) is 5.43 Å². The van der Waals surface area contributed by atoms with Crippen LogP contribution in [0.4, 0.5) is 5.69 Å². The average molecular weight is 340 g/mol. The number of amides is 2. The number of para-hydroxylation sites is 1. The molecule has 4 N–H and O–H groups in total. The Bertz CT molecular complexity index is 790. The van der Waals surface area contributed by atoms with Gasteiger partial charge in [-0.25, -0.2) is 10.9 Å². The summed E-state index contributed by atoms with van der Waals surface area (Å²) in [5.41, 5.74) is 7.30. The fourth-order valence-corrected chi connectivity index (χ4v) is 1.73. The van der Waals surface area contributed by atoms with Gasteiger partial charge in [-0.05, 0) is 31.2 Å². The van der Waals surface area contributed by atoms with E-state index in [0.717, 1.165) is 0 Å². The third kappa shape index (κ3) is 5.22. The first-order chi connectivity index (χ1) is 12.1. The Kier molecular flexibility index (Phi) is 6.32. The number of carbonyl (C=O) groups excluding carboxylic acids is 2. The van der Waals surface area contributed by atoms with Gasteiger partial charge in [0.2, 0.25) is 0 Å². The van der Waals surface area contributed by atoms with Crippen LogP contribution in [0.2, 0.25) is 0 Å². The average Bonchev–Trinajstić information content (AvgIpc) is 2.67. The van der Waals surface area contributed by atoms with Crippen molar-refractivity contribution in [2.24, 2.45) is 10.2 Å². The summed E-state index contributed by atoms with van der Waals surface area (Å²) in [4.78, 5) is 27.5. The number of hydroxylamine groups is 1. The minimum Gasteiger partial charge on any atom is -0.288 e. The van der Waals surface area contributed by atoms with Crippen LogP contribution in [0.1, 0.15) is 17.3 Å². The van der Waals surface area contributed by atoms with Crippen LogP contribution >= 0.6 is 0 Å². The number of hydrogen-bond acceptors (Lipinski definition) is 7. The fourth-order valence-electron chi connectivity index (χ4n) is 1.73. The van der Waals surface area contributed by atoms with Crippen molar-refractivity contribution in [3.63, 3.8) is 0 Å². The van der Waals surface area contributed by atoms with Gasteiger partial charge >= 0.3 is 0 Å². The SMILES string of the molecule is CC(=NNC(=O)c1cccnc1)C(=NNc1ccccc1)C(=O)NO. The van der Waals surface area contributed by atoms with E-state index in [-0.39, 0.29) is 11.4 Å². The molecule has 0 atom stereocenters. The third-order valence-electron chi connectivity index (χ3n) is 2.98. The quantitative estimate of drug-likeness (QED) is 0.356. The van der Waals surface area contributed by atoms with Crippen molar-refractivity contribution in [2.45, 2.75) is 6.92 Å². The predicted molar refractivity (Wildman–Crippen MR) is 92.2 cm³/mol. The number of aromatic nitrogens is 1. The molecule has 2 aromatic rings. The van der Waals surface area contributed by atoms with Gasteiger partial charge in [0, 0.05) is 12.4 Å². The monoisotopic (exact) mass is 340 g/mol. The van der Waals surface area contributed by atoms with Gasteiger partial charge in [0.05, 0.1) is 17.0 Å². The molecule has 2 rings (SSSR count). The Morgan fingerprint density at radius 3 is 2.48 bits per heavy atom. The van der Waals surface area contributed by atoms with E-state index in [1.54, 1.807) is 36.4 Å². The highest BCUT2D eigenvalue weighted by molar-refractivity contribution is 6.66. The molecule has 9 nitrogen and oxygen atoms in total. The zero-order valence-electron chi connectivity index (χ0n) is 13.3. The second-order valence-electron chi connectivity index (χ2n) is 4.76. The van der Waals surface area contributed by atoms with Crippen molar-refractivity contribution < 1.29 is 14.8 Å². The lowest BCUT2D eigenvalue weighted by Gasteiger charge is -2.06. The highest BCUT2D eigenvalue weighted by atomic mass is 16.5. The van der Waals surface area contributed by atoms with Crippen molar-refractivity contribution >= 4 is 28.9 Å². The van der Waals surface area contributed by atoms with Gasteiger partial charge < -0.3 is 0 Å². The first kappa shape index (κ1) is 17.8. The number of nitrogens with one attached hydrogen (secondary N) is 3. The molecule has 0 saturated carbocycles. The first-order valence-electron chi connectivity index (χ1n) is 7.20. The lowest BCUT2D eigenvalue weighted by molar-refractivity contribution is -0.122. The predicted octanol–water partition coefficient (Wildman–Crippen LogP) is 1.16. The summed E-state index contributed by atoms with van der Waals surface area (Å²) in [7, 11) is 0. The molecule has 0 saturated heterocycles. The van der Waals surface area contributed by atoms with E-state index >= 15 is 0 Å². The van der Waals surface area contributed by atoms with Gasteiger partial charge in [-0.1, -0.05) is 18.2 Å². The molecule has 1 heterocycles. The van der Waals surface area contributed by atoms with E-state index in [2.05, 4.69) is 26.0 Å². The number of nitrogens with zero attached hydrogens (tertiary/aromatic N) is 3. The van der Waals surface area contributed by atoms with Crippen molar-refractivity contribution in [1.29, 1.82) is 0 Å². The number of hydrazone groups is 2. The minimum absolute atomic E-state index is 0.0900. The van der Waals surface area contributed by atoms with Crippen molar-refractivity contribution in [3.8, 4) is 0 Å². The standard InChI is InChI=1S/C16H16N6O3/c1-11(18-21-15(23)12-6-5-9-17-10-12)14(16(24)22-25)20-19-13-7-3-2-4-8-13/h2-10,19,25H,1H3,(H,21,23)(H,22,24). The van der Waals surface area contributed by atoms with E-state index in [0.29, 0.717) is 11.3 Å². The van der Waals surface area contributed by atoms with Crippen LogP contribution < -0.4 is 16.3 Å². The number of benzene rings is 1. The molecule has 0 aliphatic heterocycles. The molecule has 0 unspecified atom stereocenters. The van der Waals surface area contributed by atoms with Crippen LogP contribution in [0.15, 0.2) is 65.1 Å². The van der Waals surface area contributed by atoms with Gasteiger partial charge in [0.25, 0.3) is 11.8 Å². The summed E-state index contributed by atoms with van der Waals surface area (Å²) in [6, 6.07) is 12.1. The summed E-state index contributed by atoms with van der Waals surface area (Å²) in [6.45, 7) is 1.46. The van der Waals surface area contributed by atoms with Crippen molar-refractivity contribution in [1.82, 2.24) is 15.9 Å². The molecule has 128 valence electrons. The van der Waals surface area contributed by atoms with Gasteiger partial charge in [-0.2, -0.15) is 10.2 Å². The minimum atomic E-state index is -0.875. The highest BCUT2D eigenvalue weighted by Gasteiger charge is 2.15. The molecule has 25 heavy (non-hydrogen) atoms. The Labute approximate surface area is 143 Å². The molecular weight excluding hydrogens is 324 g/mol. The molecule has 1 aromatic carbocycles. The maximum atomic E-state index is 11.9. The fraction of sp³-hybridized carbons (Fsp3) is 0.0625. The molecule has 9 heteroatoms. The lowest BCUT2D eigenvalue weighted by atomic mass is 10.2. The maximum absolute atomic E-state index is 11.9. The van der Waals surface area contributed by atoms with Gasteiger partial charge in [-0.15, -0.1) is 0 Å².